The minimum Gasteiger partial charge on any atom is -0.466 e. The van der Waals surface area contributed by atoms with Gasteiger partial charge in [-0.15, -0.1) is 0 Å². The summed E-state index contributed by atoms with van der Waals surface area (Å²) in [6.07, 6.45) is 4.95. The van der Waals surface area contributed by atoms with Crippen molar-refractivity contribution in [3.05, 3.63) is 72.8 Å². The second-order valence-corrected chi connectivity index (χ2v) is 15.5. The van der Waals surface area contributed by atoms with Crippen molar-refractivity contribution < 1.29 is 19.1 Å². The summed E-state index contributed by atoms with van der Waals surface area (Å²) in [6, 6.07) is 21.3. The molecule has 2 aliphatic carbocycles. The van der Waals surface area contributed by atoms with E-state index >= 15 is 0 Å². The molecule has 0 aromatic heterocycles. The fourth-order valence-electron chi connectivity index (χ4n) is 6.42. The minimum absolute atomic E-state index is 0.0547. The van der Waals surface area contributed by atoms with Crippen LogP contribution < -0.4 is 10.4 Å². The summed E-state index contributed by atoms with van der Waals surface area (Å²) in [5.41, 5.74) is 0. The van der Waals surface area contributed by atoms with Gasteiger partial charge in [0.2, 0.25) is 0 Å². The summed E-state index contributed by atoms with van der Waals surface area (Å²) in [5.74, 6) is -0.488. The number of allylic oxidation sites excluding steroid dienone is 2. The van der Waals surface area contributed by atoms with Gasteiger partial charge in [-0.25, -0.2) is 0 Å². The minimum atomic E-state index is -2.71. The Hall–Kier alpha value is -2.21. The maximum absolute atomic E-state index is 12.8. The van der Waals surface area contributed by atoms with Crippen molar-refractivity contribution >= 4 is 24.7 Å². The average molecular weight is 493 g/mol. The number of ether oxygens (including phenoxy) is 1. The smallest absolute Gasteiger partial charge is 0.309 e. The predicted molar refractivity (Wildman–Crippen MR) is 143 cm³/mol. The Morgan fingerprint density at radius 1 is 0.971 bits per heavy atom. The highest BCUT2D eigenvalue weighted by Gasteiger charge is 2.54. The Labute approximate surface area is 211 Å². The van der Waals surface area contributed by atoms with E-state index < -0.39 is 14.4 Å². The standard InChI is InChI=1S/C30H40O4Si/c1-6-33-29(32)27-21(2)17-18-22-19-23(20-26(31)28(22)27)34-35(30(3,4)5,24-13-9-7-10-14-24)25-15-11-8-12-16-25/h7-18,21-23,26-28,31H,6,19-20H2,1-5H3/t21-,22?,23+,26?,27-,28?/m0/s1. The quantitative estimate of drug-likeness (QED) is 0.361. The number of esters is 1. The monoisotopic (exact) mass is 492 g/mol. The van der Waals surface area contributed by atoms with Crippen LogP contribution in [-0.2, 0) is 14.0 Å². The molecule has 0 bridgehead atoms. The number of carbonyl (C=O) groups is 1. The van der Waals surface area contributed by atoms with Crippen LogP contribution in [0.4, 0.5) is 0 Å². The molecular formula is C30H40O4Si. The molecule has 35 heavy (non-hydrogen) atoms. The van der Waals surface area contributed by atoms with Crippen molar-refractivity contribution in [2.75, 3.05) is 6.61 Å². The zero-order valence-corrected chi connectivity index (χ0v) is 22.7. The maximum atomic E-state index is 12.8. The molecule has 5 heteroatoms. The van der Waals surface area contributed by atoms with Crippen LogP contribution in [0.3, 0.4) is 0 Å². The third kappa shape index (κ3) is 4.91. The van der Waals surface area contributed by atoms with Gasteiger partial charge in [0.05, 0.1) is 18.6 Å². The molecular weight excluding hydrogens is 452 g/mol. The molecule has 0 saturated heterocycles. The first kappa shape index (κ1) is 25.9. The van der Waals surface area contributed by atoms with Crippen LogP contribution >= 0.6 is 0 Å². The van der Waals surface area contributed by atoms with E-state index in [9.17, 15) is 9.90 Å². The number of aliphatic hydroxyl groups excluding tert-OH is 1. The van der Waals surface area contributed by atoms with Gasteiger partial charge >= 0.3 is 5.97 Å². The zero-order chi connectivity index (χ0) is 25.2. The van der Waals surface area contributed by atoms with Crippen molar-refractivity contribution in [2.24, 2.45) is 23.7 Å². The van der Waals surface area contributed by atoms with Gasteiger partial charge < -0.3 is 14.3 Å². The van der Waals surface area contributed by atoms with Gasteiger partial charge in [-0.05, 0) is 47.0 Å². The van der Waals surface area contributed by atoms with Crippen molar-refractivity contribution in [3.63, 3.8) is 0 Å². The molecule has 1 fully saturated rings. The lowest BCUT2D eigenvalue weighted by Gasteiger charge is -2.50. The molecule has 2 aromatic carbocycles. The van der Waals surface area contributed by atoms with Gasteiger partial charge in [-0.1, -0.05) is 101 Å². The number of fused-ring (bicyclic) bond motifs is 1. The van der Waals surface area contributed by atoms with E-state index in [1.807, 2.05) is 13.8 Å². The fraction of sp³-hybridized carbons (Fsp3) is 0.500. The van der Waals surface area contributed by atoms with E-state index in [0.29, 0.717) is 13.0 Å². The van der Waals surface area contributed by atoms with E-state index in [-0.39, 0.29) is 40.8 Å². The van der Waals surface area contributed by atoms with Crippen molar-refractivity contribution in [1.29, 1.82) is 0 Å². The SMILES string of the molecule is CCOC(=O)[C@@H]1C2C(O)C[C@H](O[Si](c3ccccc3)(c3ccccc3)C(C)(C)C)CC2C=C[C@@H]1C. The first-order chi connectivity index (χ1) is 16.7. The molecule has 0 amide bonds. The number of benzene rings is 2. The second-order valence-electron chi connectivity index (χ2n) is 11.2. The summed E-state index contributed by atoms with van der Waals surface area (Å²) in [5, 5.41) is 13.8. The van der Waals surface area contributed by atoms with E-state index in [1.165, 1.54) is 10.4 Å². The predicted octanol–water partition coefficient (Wildman–Crippen LogP) is 4.70. The van der Waals surface area contributed by atoms with Crippen LogP contribution in [0, 0.1) is 23.7 Å². The third-order valence-electron chi connectivity index (χ3n) is 7.94. The number of carbonyl (C=O) groups excluding carboxylic acids is 1. The second kappa shape index (κ2) is 10.4. The third-order valence-corrected chi connectivity index (χ3v) is 13.0. The van der Waals surface area contributed by atoms with Crippen molar-refractivity contribution in [1.82, 2.24) is 0 Å². The van der Waals surface area contributed by atoms with Gasteiger partial charge in [-0.2, -0.15) is 0 Å². The molecule has 2 aromatic rings. The largest absolute Gasteiger partial charge is 0.466 e. The van der Waals surface area contributed by atoms with Crippen LogP contribution in [0.15, 0.2) is 72.8 Å². The molecule has 0 heterocycles. The Kier molecular flexibility index (Phi) is 7.70. The van der Waals surface area contributed by atoms with Crippen LogP contribution in [0.2, 0.25) is 5.04 Å². The Morgan fingerprint density at radius 3 is 2.06 bits per heavy atom. The Morgan fingerprint density at radius 2 is 1.54 bits per heavy atom. The van der Waals surface area contributed by atoms with Crippen LogP contribution in [0.25, 0.3) is 0 Å². The fourth-order valence-corrected chi connectivity index (χ4v) is 11.1. The van der Waals surface area contributed by atoms with Gasteiger partial charge in [0.15, 0.2) is 0 Å². The molecule has 188 valence electrons. The van der Waals surface area contributed by atoms with E-state index in [0.717, 1.165) is 6.42 Å². The number of aliphatic hydroxyl groups is 1. The van der Waals surface area contributed by atoms with Crippen molar-refractivity contribution in [3.8, 4) is 0 Å². The van der Waals surface area contributed by atoms with Crippen molar-refractivity contribution in [2.45, 2.75) is 64.7 Å². The van der Waals surface area contributed by atoms with E-state index in [4.69, 9.17) is 9.16 Å². The lowest BCUT2D eigenvalue weighted by atomic mass is 9.63. The zero-order valence-electron chi connectivity index (χ0n) is 21.7. The average Bonchev–Trinajstić information content (AvgIpc) is 2.83. The van der Waals surface area contributed by atoms with E-state index in [1.54, 1.807) is 0 Å². The molecule has 0 spiro atoms. The topological polar surface area (TPSA) is 55.8 Å². The van der Waals surface area contributed by atoms with Gasteiger partial charge in [-0.3, -0.25) is 4.79 Å². The van der Waals surface area contributed by atoms with Crippen LogP contribution in [0.1, 0.15) is 47.5 Å². The molecule has 4 nitrogen and oxygen atoms in total. The first-order valence-corrected chi connectivity index (χ1v) is 14.9. The van der Waals surface area contributed by atoms with E-state index in [2.05, 4.69) is 93.6 Å². The maximum Gasteiger partial charge on any atom is 0.309 e. The highest BCUT2D eigenvalue weighted by Crippen LogP contribution is 2.46. The van der Waals surface area contributed by atoms with Gasteiger partial charge in [0.25, 0.3) is 8.32 Å². The number of rotatable bonds is 6. The molecule has 2 aliphatic rings. The molecule has 1 saturated carbocycles. The Bertz CT molecular complexity index is 974. The van der Waals surface area contributed by atoms with Gasteiger partial charge in [0, 0.05) is 12.0 Å². The molecule has 0 aliphatic heterocycles. The summed E-state index contributed by atoms with van der Waals surface area (Å²) >= 11 is 0. The molecule has 4 rings (SSSR count). The normalized spacial score (nSPS) is 28.9. The lowest BCUT2D eigenvalue weighted by molar-refractivity contribution is -0.158. The number of hydrogen-bond donors (Lipinski definition) is 1. The highest BCUT2D eigenvalue weighted by atomic mass is 28.4. The summed E-state index contributed by atoms with van der Waals surface area (Å²) in [6.45, 7) is 11.1. The molecule has 6 atom stereocenters. The summed E-state index contributed by atoms with van der Waals surface area (Å²) in [4.78, 5) is 12.8. The van der Waals surface area contributed by atoms with Gasteiger partial charge in [0.1, 0.15) is 0 Å². The highest BCUT2D eigenvalue weighted by molar-refractivity contribution is 6.99. The van der Waals surface area contributed by atoms with Crippen LogP contribution in [-0.4, -0.2) is 38.2 Å². The Balaban J connectivity index is 1.71. The lowest BCUT2D eigenvalue weighted by Crippen LogP contribution is -2.68. The molecule has 0 radical (unpaired) electrons. The first-order valence-electron chi connectivity index (χ1n) is 13.0. The summed E-state index contributed by atoms with van der Waals surface area (Å²) in [7, 11) is -2.71. The number of hydrogen-bond acceptors (Lipinski definition) is 4. The molecule has 1 N–H and O–H groups in total. The van der Waals surface area contributed by atoms with Crippen LogP contribution in [0.5, 0.6) is 0 Å². The molecule has 3 unspecified atom stereocenters. The summed E-state index contributed by atoms with van der Waals surface area (Å²) < 4.78 is 12.7.